The Hall–Kier alpha value is -3.92. The van der Waals surface area contributed by atoms with Gasteiger partial charge in [-0.1, -0.05) is 48.1 Å². The van der Waals surface area contributed by atoms with Crippen LogP contribution in [0.5, 0.6) is 0 Å². The van der Waals surface area contributed by atoms with Crippen molar-refractivity contribution in [3.8, 4) is 0 Å². The van der Waals surface area contributed by atoms with Gasteiger partial charge >= 0.3 is 5.97 Å². The molecule has 0 bridgehead atoms. The highest BCUT2D eigenvalue weighted by Crippen LogP contribution is 2.51. The summed E-state index contributed by atoms with van der Waals surface area (Å²) < 4.78 is 79.9. The van der Waals surface area contributed by atoms with Crippen LogP contribution in [-0.4, -0.2) is 93.6 Å². The molecule has 0 spiro atoms. The minimum absolute atomic E-state index is 0.0937. The molecular formula is C41H55N2O10S2+. The molecule has 0 aromatic heterocycles. The number of ether oxygens (including phenoxy) is 2. The smallest absolute Gasteiger partial charge is 0.303 e. The third-order valence-corrected chi connectivity index (χ3v) is 12.2. The average molecular weight is 800 g/mol. The van der Waals surface area contributed by atoms with Crippen LogP contribution in [0.25, 0.3) is 0 Å². The van der Waals surface area contributed by atoms with Gasteiger partial charge in [0.25, 0.3) is 20.2 Å². The summed E-state index contributed by atoms with van der Waals surface area (Å²) in [5.41, 5.74) is 5.56. The van der Waals surface area contributed by atoms with Gasteiger partial charge in [0.05, 0.1) is 22.7 Å². The highest BCUT2D eigenvalue weighted by Gasteiger charge is 2.48. The molecule has 2 heterocycles. The monoisotopic (exact) mass is 799 g/mol. The van der Waals surface area contributed by atoms with Crippen LogP contribution < -0.4 is 4.90 Å². The Morgan fingerprint density at radius 3 is 2.22 bits per heavy atom. The molecule has 2 aliphatic rings. The number of anilines is 1. The molecule has 0 amide bonds. The molecule has 3 N–H and O–H groups in total. The maximum Gasteiger partial charge on any atom is 0.303 e. The average Bonchev–Trinajstić information content (AvgIpc) is 3.47. The minimum atomic E-state index is -4.44. The SMILES string of the molecule is COCCN1/C(=C/C=C/C=C/C=C/C2=[N+](CCCCCC(=O)O)c3ccc(S(=O)(=O)O)cc3C2(C)CCOC)C(C)(CCCS(=O)(=O)O)c2cc(C)ccc21. The molecule has 2 aromatic carbocycles. The predicted octanol–water partition coefficient (Wildman–Crippen LogP) is 6.92. The number of aryl methyl sites for hydroxylation is 1. The van der Waals surface area contributed by atoms with E-state index in [0.717, 1.165) is 45.9 Å². The summed E-state index contributed by atoms with van der Waals surface area (Å²) in [6.07, 6.45) is 17.0. The summed E-state index contributed by atoms with van der Waals surface area (Å²) in [6.45, 7) is 8.24. The lowest BCUT2D eigenvalue weighted by Gasteiger charge is -2.30. The van der Waals surface area contributed by atoms with Crippen LogP contribution in [0.2, 0.25) is 0 Å². The number of fused-ring (bicyclic) bond motifs is 2. The van der Waals surface area contributed by atoms with E-state index >= 15 is 0 Å². The van der Waals surface area contributed by atoms with Crippen molar-refractivity contribution in [2.45, 2.75) is 81.4 Å². The summed E-state index contributed by atoms with van der Waals surface area (Å²) >= 11 is 0. The van der Waals surface area contributed by atoms with Gasteiger partial charge in [-0.25, -0.2) is 0 Å². The number of unbranched alkanes of at least 4 members (excludes halogenated alkanes) is 2. The Labute approximate surface area is 326 Å². The van der Waals surface area contributed by atoms with Crippen LogP contribution in [0.3, 0.4) is 0 Å². The van der Waals surface area contributed by atoms with E-state index in [0.29, 0.717) is 52.0 Å². The Balaban J connectivity index is 1.66. The molecule has 0 saturated carbocycles. The van der Waals surface area contributed by atoms with Crippen LogP contribution >= 0.6 is 0 Å². The molecule has 0 radical (unpaired) electrons. The molecule has 14 heteroatoms. The van der Waals surface area contributed by atoms with Crippen molar-refractivity contribution in [2.75, 3.05) is 51.2 Å². The van der Waals surface area contributed by atoms with E-state index in [1.54, 1.807) is 20.3 Å². The van der Waals surface area contributed by atoms with Crippen molar-refractivity contribution in [1.29, 1.82) is 0 Å². The molecular weight excluding hydrogens is 745 g/mol. The van der Waals surface area contributed by atoms with Crippen molar-refractivity contribution in [3.05, 3.63) is 101 Å². The summed E-state index contributed by atoms with van der Waals surface area (Å²) in [5.74, 6) is -1.15. The van der Waals surface area contributed by atoms with Gasteiger partial charge in [0.15, 0.2) is 5.71 Å². The number of carboxylic acids is 1. The summed E-state index contributed by atoms with van der Waals surface area (Å²) in [5, 5.41) is 9.08. The summed E-state index contributed by atoms with van der Waals surface area (Å²) in [4.78, 5) is 13.1. The first-order valence-electron chi connectivity index (χ1n) is 18.5. The fraction of sp³-hybridized carbons (Fsp3) is 0.463. The molecule has 0 fully saturated rings. The van der Waals surface area contributed by atoms with E-state index < -0.39 is 37.0 Å². The van der Waals surface area contributed by atoms with Gasteiger partial charge in [0.2, 0.25) is 5.69 Å². The molecule has 2 aliphatic heterocycles. The molecule has 0 aliphatic carbocycles. The molecule has 2 unspecified atom stereocenters. The van der Waals surface area contributed by atoms with Gasteiger partial charge in [0, 0.05) is 74.7 Å². The largest absolute Gasteiger partial charge is 0.481 e. The van der Waals surface area contributed by atoms with Crippen molar-refractivity contribution < 1.29 is 49.9 Å². The van der Waals surface area contributed by atoms with E-state index in [-0.39, 0.29) is 23.5 Å². The van der Waals surface area contributed by atoms with Crippen LogP contribution in [0.15, 0.2) is 89.5 Å². The second-order valence-corrected chi connectivity index (χ2v) is 17.5. The molecule has 2 atom stereocenters. The standard InChI is InChI=1S/C41H54N2O10S2/c1-31-18-20-35-33(29-31)40(2,22-14-28-54(46,47)48)37(43(35)25-27-53-5)15-10-7-6-8-11-16-38-41(3,23-26-52-4)34-30-32(55(49,50)51)19-21-36(34)42(38)24-13-9-12-17-39(44)45/h6-8,10-11,15-16,18-21,29-30H,9,12-14,17,22-28H2,1-5H3,(H2-,44,45,46,47,48,49,50,51)/p+1. The number of hydrogen-bond donors (Lipinski definition) is 3. The van der Waals surface area contributed by atoms with E-state index in [1.807, 2.05) is 56.4 Å². The highest BCUT2D eigenvalue weighted by atomic mass is 32.2. The Bertz CT molecular complexity index is 2090. The molecule has 4 rings (SSSR count). The van der Waals surface area contributed by atoms with Gasteiger partial charge in [0.1, 0.15) is 6.54 Å². The number of benzene rings is 2. The number of allylic oxidation sites excluding steroid dienone is 8. The van der Waals surface area contributed by atoms with Gasteiger partial charge in [-0.15, -0.1) is 0 Å². The fourth-order valence-electron chi connectivity index (χ4n) is 7.67. The van der Waals surface area contributed by atoms with Crippen molar-refractivity contribution >= 4 is 43.3 Å². The molecule has 55 heavy (non-hydrogen) atoms. The number of carboxylic acid groups (broad SMARTS) is 1. The fourth-order valence-corrected chi connectivity index (χ4v) is 8.69. The van der Waals surface area contributed by atoms with Crippen LogP contribution in [0, 0.1) is 6.92 Å². The maximum atomic E-state index is 12.1. The van der Waals surface area contributed by atoms with E-state index in [2.05, 4.69) is 34.6 Å². The van der Waals surface area contributed by atoms with Crippen molar-refractivity contribution in [3.63, 3.8) is 0 Å². The summed E-state index contributed by atoms with van der Waals surface area (Å²) in [6, 6.07) is 10.9. The minimum Gasteiger partial charge on any atom is -0.481 e. The second-order valence-electron chi connectivity index (χ2n) is 14.5. The quantitative estimate of drug-likeness (QED) is 0.0518. The normalized spacial score (nSPS) is 20.9. The third-order valence-electron chi connectivity index (χ3n) is 10.5. The third kappa shape index (κ3) is 10.9. The lowest BCUT2D eigenvalue weighted by Crippen LogP contribution is -2.33. The highest BCUT2D eigenvalue weighted by molar-refractivity contribution is 7.86. The number of aliphatic carboxylic acids is 1. The summed E-state index contributed by atoms with van der Waals surface area (Å²) in [7, 11) is -5.29. The lowest BCUT2D eigenvalue weighted by molar-refractivity contribution is -0.438. The zero-order valence-electron chi connectivity index (χ0n) is 32.4. The van der Waals surface area contributed by atoms with Gasteiger partial charge in [-0.05, 0) is 82.7 Å². The first-order chi connectivity index (χ1) is 26.0. The first kappa shape index (κ1) is 43.8. The van der Waals surface area contributed by atoms with E-state index in [9.17, 15) is 30.7 Å². The predicted molar refractivity (Wildman–Crippen MR) is 215 cm³/mol. The van der Waals surface area contributed by atoms with Crippen molar-refractivity contribution in [1.82, 2.24) is 0 Å². The number of hydrogen-bond acceptors (Lipinski definition) is 8. The Morgan fingerprint density at radius 1 is 0.836 bits per heavy atom. The Kier molecular flexibility index (Phi) is 15.0. The molecule has 12 nitrogen and oxygen atoms in total. The van der Waals surface area contributed by atoms with Crippen LogP contribution in [-0.2, 0) is 45.3 Å². The van der Waals surface area contributed by atoms with Gasteiger partial charge in [-0.2, -0.15) is 21.4 Å². The number of methoxy groups -OCH3 is 2. The molecule has 0 saturated heterocycles. The number of carbonyl (C=O) groups is 1. The number of rotatable bonds is 21. The van der Waals surface area contributed by atoms with Crippen LogP contribution in [0.1, 0.15) is 75.5 Å². The zero-order valence-corrected chi connectivity index (χ0v) is 34.0. The first-order valence-corrected chi connectivity index (χ1v) is 21.5. The van der Waals surface area contributed by atoms with E-state index in [1.165, 1.54) is 12.1 Å². The number of nitrogens with zero attached hydrogens (tertiary/aromatic N) is 2. The van der Waals surface area contributed by atoms with Crippen LogP contribution in [0.4, 0.5) is 11.4 Å². The second kappa shape index (κ2) is 18.8. The maximum absolute atomic E-state index is 12.1. The zero-order chi connectivity index (χ0) is 40.4. The molecule has 2 aromatic rings. The van der Waals surface area contributed by atoms with Gasteiger partial charge in [-0.3, -0.25) is 13.9 Å². The molecule has 300 valence electrons. The van der Waals surface area contributed by atoms with E-state index in [4.69, 9.17) is 14.6 Å². The Morgan fingerprint density at radius 2 is 1.55 bits per heavy atom. The lowest BCUT2D eigenvalue weighted by atomic mass is 9.76. The van der Waals surface area contributed by atoms with Crippen molar-refractivity contribution in [2.24, 2.45) is 0 Å². The topological polar surface area (TPSA) is 171 Å². The van der Waals surface area contributed by atoms with Gasteiger partial charge < -0.3 is 19.5 Å².